The first-order valence-corrected chi connectivity index (χ1v) is 3.33. The summed E-state index contributed by atoms with van der Waals surface area (Å²) in [6.45, 7) is 2.52. The van der Waals surface area contributed by atoms with E-state index in [2.05, 4.69) is 15.7 Å². The van der Waals surface area contributed by atoms with Crippen LogP contribution in [0, 0.1) is 0 Å². The highest BCUT2D eigenvalue weighted by atomic mass is 127. The minimum atomic E-state index is 0.447. The molecule has 0 aliphatic heterocycles. The highest BCUT2D eigenvalue weighted by Gasteiger charge is 1.84. The van der Waals surface area contributed by atoms with Gasteiger partial charge in [0.1, 0.15) is 0 Å². The maximum atomic E-state index is 4.80. The van der Waals surface area contributed by atoms with Gasteiger partial charge in [-0.25, -0.2) is 0 Å². The van der Waals surface area contributed by atoms with E-state index < -0.39 is 0 Å². The highest BCUT2D eigenvalue weighted by molar-refractivity contribution is 14.1. The van der Waals surface area contributed by atoms with Crippen LogP contribution in [0.2, 0.25) is 0 Å². The van der Waals surface area contributed by atoms with Crippen molar-refractivity contribution in [2.24, 2.45) is 0 Å². The lowest BCUT2D eigenvalue weighted by Crippen LogP contribution is -2.12. The zero-order chi connectivity index (χ0) is 5.70. The van der Waals surface area contributed by atoms with Gasteiger partial charge in [-0.05, 0) is 19.1 Å². The van der Waals surface area contributed by atoms with Crippen LogP contribution in [0.3, 0.4) is 0 Å². The zero-order valence-electron chi connectivity index (χ0n) is 3.90. The van der Waals surface area contributed by atoms with Crippen LogP contribution in [-0.4, -0.2) is 11.8 Å². The van der Waals surface area contributed by atoms with Gasteiger partial charge in [-0.3, -0.25) is 3.53 Å². The first-order chi connectivity index (χ1) is 3.31. The molecule has 0 saturated heterocycles. The van der Waals surface area contributed by atoms with Gasteiger partial charge in [0.25, 0.3) is 5.17 Å². The summed E-state index contributed by atoms with van der Waals surface area (Å²) >= 11 is 6.53. The molecule has 0 unspecified atom stereocenters. The number of halogens is 1. The Bertz CT molecular complexity index is 68.0. The Balaban J connectivity index is 3.00. The van der Waals surface area contributed by atoms with Crippen LogP contribution in [0.5, 0.6) is 0 Å². The van der Waals surface area contributed by atoms with Crippen molar-refractivity contribution in [1.82, 2.24) is 3.53 Å². The minimum absolute atomic E-state index is 0.447. The Hall–Kier alpha value is 0.420. The normalized spacial score (nSPS) is 7.71. The molecule has 0 saturated carbocycles. The highest BCUT2D eigenvalue weighted by Crippen LogP contribution is 1.79. The second-order valence-corrected chi connectivity index (χ2v) is 1.73. The minimum Gasteiger partial charge on any atom is -0.471 e. The fourth-order valence-corrected chi connectivity index (χ4v) is 0.432. The molecule has 1 N–H and O–H groups in total. The molecule has 0 aromatic carbocycles. The summed E-state index contributed by atoms with van der Waals surface area (Å²) in [5.74, 6) is 0. The van der Waals surface area contributed by atoms with E-state index in [0.29, 0.717) is 11.8 Å². The molecule has 0 bridgehead atoms. The van der Waals surface area contributed by atoms with Crippen molar-refractivity contribution in [2.45, 2.75) is 6.92 Å². The van der Waals surface area contributed by atoms with Crippen LogP contribution in [0.4, 0.5) is 0 Å². The van der Waals surface area contributed by atoms with Crippen molar-refractivity contribution in [3.63, 3.8) is 0 Å². The van der Waals surface area contributed by atoms with E-state index in [1.807, 2.05) is 29.8 Å². The summed E-state index contributed by atoms with van der Waals surface area (Å²) < 4.78 is 7.45. The van der Waals surface area contributed by atoms with Crippen molar-refractivity contribution in [2.75, 3.05) is 6.61 Å². The molecule has 0 fully saturated rings. The third-order valence-corrected chi connectivity index (χ3v) is 1.43. The van der Waals surface area contributed by atoms with Gasteiger partial charge >= 0.3 is 0 Å². The average molecular weight is 231 g/mol. The smallest absolute Gasteiger partial charge is 0.265 e. The molecule has 0 rings (SSSR count). The maximum absolute atomic E-state index is 4.80. The molecule has 0 radical (unpaired) electrons. The summed E-state index contributed by atoms with van der Waals surface area (Å²) in [6, 6.07) is 0. The first kappa shape index (κ1) is 7.42. The van der Waals surface area contributed by atoms with E-state index in [1.54, 1.807) is 0 Å². The average Bonchev–Trinajstić information content (AvgIpc) is 1.68. The van der Waals surface area contributed by atoms with Crippen LogP contribution in [-0.2, 0) is 4.74 Å². The van der Waals surface area contributed by atoms with Crippen LogP contribution in [0.1, 0.15) is 6.92 Å². The van der Waals surface area contributed by atoms with Crippen molar-refractivity contribution in [3.05, 3.63) is 0 Å². The molecule has 0 amide bonds. The molecule has 0 aliphatic rings. The van der Waals surface area contributed by atoms with Gasteiger partial charge in [-0.1, -0.05) is 0 Å². The molecular weight excluding hydrogens is 225 g/mol. The zero-order valence-corrected chi connectivity index (χ0v) is 6.88. The van der Waals surface area contributed by atoms with Crippen molar-refractivity contribution >= 4 is 40.3 Å². The van der Waals surface area contributed by atoms with Crippen molar-refractivity contribution in [1.29, 1.82) is 0 Å². The lowest BCUT2D eigenvalue weighted by atomic mass is 10.9. The number of rotatable bonds is 1. The van der Waals surface area contributed by atoms with E-state index >= 15 is 0 Å². The van der Waals surface area contributed by atoms with Crippen LogP contribution < -0.4 is 3.53 Å². The number of hydrogen-bond acceptors (Lipinski definition) is 2. The topological polar surface area (TPSA) is 21.3 Å². The fraction of sp³-hybridized carbons (Fsp3) is 0.667. The maximum Gasteiger partial charge on any atom is 0.265 e. The lowest BCUT2D eigenvalue weighted by Gasteiger charge is -1.98. The monoisotopic (exact) mass is 231 g/mol. The van der Waals surface area contributed by atoms with E-state index in [9.17, 15) is 0 Å². The molecular formula is C3H6INOS. The molecule has 42 valence electrons. The van der Waals surface area contributed by atoms with E-state index in [0.717, 1.165) is 0 Å². The lowest BCUT2D eigenvalue weighted by molar-refractivity contribution is 0.329. The Kier molecular flexibility index (Phi) is 4.85. The molecule has 0 aromatic rings. The Morgan fingerprint density at radius 1 is 2.00 bits per heavy atom. The Morgan fingerprint density at radius 2 is 2.57 bits per heavy atom. The molecule has 2 nitrogen and oxygen atoms in total. The van der Waals surface area contributed by atoms with E-state index in [-0.39, 0.29) is 0 Å². The van der Waals surface area contributed by atoms with Gasteiger partial charge in [-0.15, -0.1) is 0 Å². The third kappa shape index (κ3) is 4.27. The summed E-state index contributed by atoms with van der Waals surface area (Å²) in [6.07, 6.45) is 0. The van der Waals surface area contributed by atoms with Crippen molar-refractivity contribution in [3.8, 4) is 0 Å². The standard InChI is InChI=1S/C3H6INOS/c1-2-6-3(7)5-4/h2H2,1H3,(H,5,7). The molecule has 0 aromatic heterocycles. The molecule has 7 heavy (non-hydrogen) atoms. The largest absolute Gasteiger partial charge is 0.471 e. The fourth-order valence-electron chi connectivity index (χ4n) is 0.158. The molecule has 0 heterocycles. The molecule has 0 spiro atoms. The number of nitrogens with one attached hydrogen (secondary N) is 1. The third-order valence-electron chi connectivity index (χ3n) is 0.353. The van der Waals surface area contributed by atoms with E-state index in [1.165, 1.54) is 0 Å². The number of ether oxygens (including phenoxy) is 1. The van der Waals surface area contributed by atoms with Gasteiger partial charge in [0.2, 0.25) is 0 Å². The summed E-state index contributed by atoms with van der Waals surface area (Å²) in [5, 5.41) is 0.447. The van der Waals surface area contributed by atoms with Crippen LogP contribution in [0.15, 0.2) is 0 Å². The van der Waals surface area contributed by atoms with Gasteiger partial charge < -0.3 is 4.74 Å². The van der Waals surface area contributed by atoms with Crippen LogP contribution >= 0.6 is 35.1 Å². The van der Waals surface area contributed by atoms with E-state index in [4.69, 9.17) is 4.74 Å². The van der Waals surface area contributed by atoms with Crippen molar-refractivity contribution < 1.29 is 4.74 Å². The molecule has 0 aliphatic carbocycles. The molecule has 0 atom stereocenters. The Morgan fingerprint density at radius 3 is 2.71 bits per heavy atom. The van der Waals surface area contributed by atoms with Gasteiger partial charge in [0, 0.05) is 0 Å². The quantitative estimate of drug-likeness (QED) is 0.417. The van der Waals surface area contributed by atoms with Gasteiger partial charge in [0.15, 0.2) is 0 Å². The first-order valence-electron chi connectivity index (χ1n) is 1.84. The number of hydrogen-bond donors (Lipinski definition) is 1. The second kappa shape index (κ2) is 4.58. The summed E-state index contributed by atoms with van der Waals surface area (Å²) in [4.78, 5) is 0. The van der Waals surface area contributed by atoms with Gasteiger partial charge in [0.05, 0.1) is 29.5 Å². The summed E-state index contributed by atoms with van der Waals surface area (Å²) in [5.41, 5.74) is 0. The van der Waals surface area contributed by atoms with Gasteiger partial charge in [-0.2, -0.15) is 0 Å². The predicted octanol–water partition coefficient (Wildman–Crippen LogP) is 1.25. The predicted molar refractivity (Wildman–Crippen MR) is 41.4 cm³/mol. The Labute approximate surface area is 62.1 Å². The summed E-state index contributed by atoms with van der Waals surface area (Å²) in [7, 11) is 0. The van der Waals surface area contributed by atoms with Crippen LogP contribution in [0.25, 0.3) is 0 Å². The second-order valence-electron chi connectivity index (χ2n) is 0.815. The SMILES string of the molecule is CCOC(=S)NI. The molecule has 4 heteroatoms. The number of thiocarbonyl (C=S) groups is 1.